The molecule has 2 saturated carbocycles. The van der Waals surface area contributed by atoms with Crippen LogP contribution in [0.25, 0.3) is 10.9 Å². The lowest BCUT2D eigenvalue weighted by Gasteiger charge is -2.14. The predicted molar refractivity (Wildman–Crippen MR) is 98.7 cm³/mol. The van der Waals surface area contributed by atoms with Gasteiger partial charge in [-0.3, -0.25) is 15.1 Å². The molecule has 3 heterocycles. The first kappa shape index (κ1) is 14.9. The van der Waals surface area contributed by atoms with Crippen LogP contribution in [0, 0.1) is 11.8 Å². The number of benzene rings is 1. The van der Waals surface area contributed by atoms with Crippen molar-refractivity contribution in [3.63, 3.8) is 0 Å². The van der Waals surface area contributed by atoms with Crippen LogP contribution in [0.1, 0.15) is 54.9 Å². The molecular weight excluding hydrogens is 324 g/mol. The van der Waals surface area contributed by atoms with Gasteiger partial charge in [0.2, 0.25) is 0 Å². The first-order valence-electron chi connectivity index (χ1n) is 9.91. The van der Waals surface area contributed by atoms with Crippen LogP contribution in [0.15, 0.2) is 24.3 Å². The van der Waals surface area contributed by atoms with E-state index in [9.17, 15) is 0 Å². The molecule has 2 N–H and O–H groups in total. The summed E-state index contributed by atoms with van der Waals surface area (Å²) in [5, 5.41) is 16.7. The highest BCUT2D eigenvalue weighted by atomic mass is 15.3. The monoisotopic (exact) mass is 348 g/mol. The van der Waals surface area contributed by atoms with Crippen molar-refractivity contribution in [3.05, 3.63) is 41.6 Å². The standard InChI is InChI=1S/C20H24N6/c1-2-4-17-14(3-1)18(23-22-17)11-26-9-15(12-5-6-12)16(10-26)20-21-19(24-25-20)13-7-8-13/h1-4,12-13,15-16H,5-11H2,(H,22,23)(H,21,24,25)/t15-,16+/m1/s1. The summed E-state index contributed by atoms with van der Waals surface area (Å²) in [4.78, 5) is 7.46. The Morgan fingerprint density at radius 2 is 1.88 bits per heavy atom. The van der Waals surface area contributed by atoms with E-state index in [2.05, 4.69) is 43.5 Å². The average Bonchev–Trinajstić information content (AvgIpc) is 3.57. The van der Waals surface area contributed by atoms with E-state index in [1.807, 2.05) is 6.07 Å². The Kier molecular flexibility index (Phi) is 3.24. The van der Waals surface area contributed by atoms with E-state index in [1.54, 1.807) is 0 Å². The molecule has 1 aromatic carbocycles. The highest BCUT2D eigenvalue weighted by Gasteiger charge is 2.44. The second-order valence-electron chi connectivity index (χ2n) is 8.37. The summed E-state index contributed by atoms with van der Waals surface area (Å²) in [6.07, 6.45) is 5.28. The van der Waals surface area contributed by atoms with Crippen molar-refractivity contribution >= 4 is 10.9 Å². The Hall–Kier alpha value is -2.21. The Labute approximate surface area is 152 Å². The smallest absolute Gasteiger partial charge is 0.153 e. The third-order valence-electron chi connectivity index (χ3n) is 6.40. The number of H-pyrrole nitrogens is 2. The third kappa shape index (κ3) is 2.55. The van der Waals surface area contributed by atoms with Gasteiger partial charge in [0.25, 0.3) is 0 Å². The number of hydrogen-bond donors (Lipinski definition) is 2. The quantitative estimate of drug-likeness (QED) is 0.743. The Morgan fingerprint density at radius 1 is 1.00 bits per heavy atom. The normalized spacial score (nSPS) is 26.8. The summed E-state index contributed by atoms with van der Waals surface area (Å²) in [5.74, 6) is 4.88. The summed E-state index contributed by atoms with van der Waals surface area (Å²) in [6, 6.07) is 8.37. The van der Waals surface area contributed by atoms with Gasteiger partial charge in [-0.1, -0.05) is 18.2 Å². The van der Waals surface area contributed by atoms with Crippen LogP contribution >= 0.6 is 0 Å². The minimum absolute atomic E-state index is 0.497. The number of aromatic amines is 2. The molecule has 26 heavy (non-hydrogen) atoms. The van der Waals surface area contributed by atoms with Gasteiger partial charge in [0.15, 0.2) is 5.82 Å². The maximum atomic E-state index is 4.88. The Bertz CT molecular complexity index is 935. The first-order chi connectivity index (χ1) is 12.8. The molecule has 3 fully saturated rings. The van der Waals surface area contributed by atoms with Crippen molar-refractivity contribution in [1.82, 2.24) is 30.3 Å². The predicted octanol–water partition coefficient (Wildman–Crippen LogP) is 3.18. The van der Waals surface area contributed by atoms with E-state index in [0.717, 1.165) is 42.7 Å². The van der Waals surface area contributed by atoms with E-state index in [4.69, 9.17) is 4.98 Å². The number of para-hydroxylation sites is 1. The minimum Gasteiger partial charge on any atom is -0.296 e. The number of fused-ring (bicyclic) bond motifs is 1. The molecule has 6 rings (SSSR count). The number of aromatic nitrogens is 5. The van der Waals surface area contributed by atoms with Gasteiger partial charge < -0.3 is 0 Å². The Morgan fingerprint density at radius 3 is 2.73 bits per heavy atom. The molecule has 0 bridgehead atoms. The Balaban J connectivity index is 1.25. The second kappa shape index (κ2) is 5.64. The number of hydrogen-bond acceptors (Lipinski definition) is 4. The van der Waals surface area contributed by atoms with Crippen molar-refractivity contribution in [2.75, 3.05) is 13.1 Å². The highest BCUT2D eigenvalue weighted by molar-refractivity contribution is 5.81. The van der Waals surface area contributed by atoms with E-state index >= 15 is 0 Å². The topological polar surface area (TPSA) is 73.5 Å². The molecule has 2 atom stereocenters. The van der Waals surface area contributed by atoms with Gasteiger partial charge in [0.05, 0.1) is 11.2 Å². The van der Waals surface area contributed by atoms with Crippen LogP contribution in [0.2, 0.25) is 0 Å². The van der Waals surface area contributed by atoms with E-state index in [-0.39, 0.29) is 0 Å². The van der Waals surface area contributed by atoms with Crippen molar-refractivity contribution in [3.8, 4) is 0 Å². The van der Waals surface area contributed by atoms with Gasteiger partial charge in [-0.2, -0.15) is 10.2 Å². The van der Waals surface area contributed by atoms with E-state index < -0.39 is 0 Å². The summed E-state index contributed by atoms with van der Waals surface area (Å²) in [5.41, 5.74) is 2.29. The average molecular weight is 348 g/mol. The van der Waals surface area contributed by atoms with E-state index in [1.165, 1.54) is 36.8 Å². The number of nitrogens with one attached hydrogen (secondary N) is 2. The van der Waals surface area contributed by atoms with Crippen molar-refractivity contribution in [1.29, 1.82) is 0 Å². The fourth-order valence-electron chi connectivity index (χ4n) is 4.67. The molecule has 0 unspecified atom stereocenters. The molecule has 3 aliphatic rings. The highest BCUT2D eigenvalue weighted by Crippen LogP contribution is 2.47. The SMILES string of the molecule is c1ccc2c(CN3C[C@H](c4nc(C5CC5)n[nH]4)[C@@H](C4CC4)C3)[nH]nc2c1. The van der Waals surface area contributed by atoms with E-state index in [0.29, 0.717) is 17.8 Å². The summed E-state index contributed by atoms with van der Waals surface area (Å²) >= 11 is 0. The molecule has 3 aromatic rings. The molecule has 6 nitrogen and oxygen atoms in total. The van der Waals surface area contributed by atoms with Crippen molar-refractivity contribution in [2.24, 2.45) is 11.8 Å². The maximum Gasteiger partial charge on any atom is 0.153 e. The zero-order chi connectivity index (χ0) is 17.1. The van der Waals surface area contributed by atoms with Crippen molar-refractivity contribution < 1.29 is 0 Å². The zero-order valence-electron chi connectivity index (χ0n) is 14.9. The molecule has 0 spiro atoms. The third-order valence-corrected chi connectivity index (χ3v) is 6.40. The minimum atomic E-state index is 0.497. The fourth-order valence-corrected chi connectivity index (χ4v) is 4.67. The number of likely N-dealkylation sites (tertiary alicyclic amines) is 1. The van der Waals surface area contributed by atoms with Gasteiger partial charge >= 0.3 is 0 Å². The van der Waals surface area contributed by atoms with Crippen molar-refractivity contribution in [2.45, 2.75) is 44.1 Å². The molecule has 2 aromatic heterocycles. The molecule has 0 amide bonds. The molecule has 0 radical (unpaired) electrons. The fraction of sp³-hybridized carbons (Fsp3) is 0.550. The van der Waals surface area contributed by atoms with Gasteiger partial charge in [0, 0.05) is 36.9 Å². The number of nitrogens with zero attached hydrogens (tertiary/aromatic N) is 4. The molecule has 134 valence electrons. The first-order valence-corrected chi connectivity index (χ1v) is 9.91. The lowest BCUT2D eigenvalue weighted by atomic mass is 9.91. The van der Waals surface area contributed by atoms with Crippen LogP contribution in [0.5, 0.6) is 0 Å². The summed E-state index contributed by atoms with van der Waals surface area (Å²) in [7, 11) is 0. The van der Waals surface area contributed by atoms with Crippen LogP contribution in [-0.2, 0) is 6.54 Å². The van der Waals surface area contributed by atoms with Crippen LogP contribution < -0.4 is 0 Å². The lowest BCUT2D eigenvalue weighted by Crippen LogP contribution is -2.21. The van der Waals surface area contributed by atoms with Gasteiger partial charge in [-0.15, -0.1) is 0 Å². The summed E-state index contributed by atoms with van der Waals surface area (Å²) < 4.78 is 0. The summed E-state index contributed by atoms with van der Waals surface area (Å²) in [6.45, 7) is 3.15. The molecule has 1 saturated heterocycles. The molecule has 2 aliphatic carbocycles. The van der Waals surface area contributed by atoms with Gasteiger partial charge in [-0.25, -0.2) is 4.98 Å². The molecular formula is C20H24N6. The lowest BCUT2D eigenvalue weighted by molar-refractivity contribution is 0.307. The second-order valence-corrected chi connectivity index (χ2v) is 8.37. The maximum absolute atomic E-state index is 4.88. The molecule has 1 aliphatic heterocycles. The number of rotatable bonds is 5. The largest absolute Gasteiger partial charge is 0.296 e. The van der Waals surface area contributed by atoms with Crippen LogP contribution in [0.4, 0.5) is 0 Å². The zero-order valence-corrected chi connectivity index (χ0v) is 14.9. The van der Waals surface area contributed by atoms with Gasteiger partial charge in [0.1, 0.15) is 5.82 Å². The van der Waals surface area contributed by atoms with Crippen LogP contribution in [-0.4, -0.2) is 43.4 Å². The molecule has 6 heteroatoms. The van der Waals surface area contributed by atoms with Crippen LogP contribution in [0.3, 0.4) is 0 Å². The van der Waals surface area contributed by atoms with Gasteiger partial charge in [-0.05, 0) is 43.6 Å².